The van der Waals surface area contributed by atoms with Crippen LogP contribution in [0.1, 0.15) is 17.3 Å². The van der Waals surface area contributed by atoms with E-state index >= 15 is 0 Å². The lowest BCUT2D eigenvalue weighted by Crippen LogP contribution is -2.41. The molecule has 0 spiro atoms. The van der Waals surface area contributed by atoms with Gasteiger partial charge in [-0.1, -0.05) is 18.2 Å². The van der Waals surface area contributed by atoms with Crippen LogP contribution in [0.15, 0.2) is 30.3 Å². The molecule has 0 aliphatic rings. The van der Waals surface area contributed by atoms with Gasteiger partial charge in [-0.2, -0.15) is 0 Å². The van der Waals surface area contributed by atoms with E-state index in [1.54, 1.807) is 38.2 Å². The minimum absolute atomic E-state index is 0.0936. The minimum Gasteiger partial charge on any atom is -0.465 e. The van der Waals surface area contributed by atoms with Gasteiger partial charge in [0, 0.05) is 19.7 Å². The lowest BCUT2D eigenvalue weighted by atomic mass is 10.2. The van der Waals surface area contributed by atoms with Gasteiger partial charge in [-0.25, -0.2) is 0 Å². The van der Waals surface area contributed by atoms with E-state index in [1.165, 1.54) is 16.8 Å². The van der Waals surface area contributed by atoms with Gasteiger partial charge in [0.2, 0.25) is 5.91 Å². The molecule has 1 aromatic rings. The van der Waals surface area contributed by atoms with Crippen molar-refractivity contribution >= 4 is 17.8 Å². The molecule has 0 aliphatic carbocycles. The fourth-order valence-electron chi connectivity index (χ4n) is 1.68. The van der Waals surface area contributed by atoms with Crippen molar-refractivity contribution in [3.63, 3.8) is 0 Å². The van der Waals surface area contributed by atoms with Crippen LogP contribution in [-0.2, 0) is 14.3 Å². The Labute approximate surface area is 124 Å². The monoisotopic (exact) mass is 292 g/mol. The van der Waals surface area contributed by atoms with E-state index in [1.807, 2.05) is 6.07 Å². The Bertz CT molecular complexity index is 502. The fraction of sp³-hybridized carbons (Fsp3) is 0.400. The molecule has 0 saturated heterocycles. The summed E-state index contributed by atoms with van der Waals surface area (Å²) in [5, 5.41) is 0. The molecule has 0 atom stereocenters. The highest BCUT2D eigenvalue weighted by molar-refractivity contribution is 5.96. The van der Waals surface area contributed by atoms with Crippen molar-refractivity contribution in [2.75, 3.05) is 33.8 Å². The lowest BCUT2D eigenvalue weighted by molar-refractivity contribution is -0.148. The second-order valence-corrected chi connectivity index (χ2v) is 4.58. The van der Waals surface area contributed by atoms with Crippen molar-refractivity contribution in [2.45, 2.75) is 6.92 Å². The molecular formula is C15H20N2O4. The average Bonchev–Trinajstić information content (AvgIpc) is 2.47. The number of carbonyl (C=O) groups is 3. The first-order valence-electron chi connectivity index (χ1n) is 6.65. The summed E-state index contributed by atoms with van der Waals surface area (Å²) < 4.78 is 4.77. The van der Waals surface area contributed by atoms with E-state index < -0.39 is 5.97 Å². The van der Waals surface area contributed by atoms with Gasteiger partial charge in [-0.15, -0.1) is 0 Å². The second-order valence-electron chi connectivity index (χ2n) is 4.58. The molecule has 1 aromatic carbocycles. The number of carbonyl (C=O) groups excluding carboxylic acids is 3. The van der Waals surface area contributed by atoms with Gasteiger partial charge in [0.05, 0.1) is 13.2 Å². The number of hydrogen-bond donors (Lipinski definition) is 0. The molecule has 2 amide bonds. The molecule has 21 heavy (non-hydrogen) atoms. The molecule has 0 radical (unpaired) electrons. The molecule has 0 aliphatic heterocycles. The van der Waals surface area contributed by atoms with Crippen molar-refractivity contribution < 1.29 is 19.1 Å². The maximum Gasteiger partial charge on any atom is 0.325 e. The predicted molar refractivity (Wildman–Crippen MR) is 77.7 cm³/mol. The van der Waals surface area contributed by atoms with Gasteiger partial charge in [-0.3, -0.25) is 14.4 Å². The highest BCUT2D eigenvalue weighted by Gasteiger charge is 2.19. The van der Waals surface area contributed by atoms with Gasteiger partial charge in [0.15, 0.2) is 0 Å². The van der Waals surface area contributed by atoms with Crippen LogP contribution in [0, 0.1) is 0 Å². The fourth-order valence-corrected chi connectivity index (χ4v) is 1.68. The minimum atomic E-state index is -0.467. The summed E-state index contributed by atoms with van der Waals surface area (Å²) in [7, 11) is 3.05. The molecule has 0 N–H and O–H groups in total. The van der Waals surface area contributed by atoms with Crippen LogP contribution in [0.2, 0.25) is 0 Å². The Morgan fingerprint density at radius 2 is 1.62 bits per heavy atom. The number of benzene rings is 1. The highest BCUT2D eigenvalue weighted by atomic mass is 16.5. The molecule has 0 heterocycles. The van der Waals surface area contributed by atoms with E-state index in [9.17, 15) is 14.4 Å². The quantitative estimate of drug-likeness (QED) is 0.727. The number of amides is 2. The van der Waals surface area contributed by atoms with Crippen LogP contribution in [0.3, 0.4) is 0 Å². The Hall–Kier alpha value is -2.37. The van der Waals surface area contributed by atoms with Crippen LogP contribution in [0.5, 0.6) is 0 Å². The van der Waals surface area contributed by atoms with Gasteiger partial charge < -0.3 is 14.5 Å². The Morgan fingerprint density at radius 1 is 1.00 bits per heavy atom. The summed E-state index contributed by atoms with van der Waals surface area (Å²) in [6.45, 7) is 1.75. The SMILES string of the molecule is CCOC(=O)CN(C)C(=O)CN(C)C(=O)c1ccccc1. The molecule has 0 bridgehead atoms. The van der Waals surface area contributed by atoms with Gasteiger partial charge in [0.25, 0.3) is 5.91 Å². The maximum absolute atomic E-state index is 12.1. The first-order chi connectivity index (χ1) is 9.95. The standard InChI is InChI=1S/C15H20N2O4/c1-4-21-14(19)11-16(2)13(18)10-17(3)15(20)12-8-6-5-7-9-12/h5-9H,4,10-11H2,1-3H3. The Kier molecular flexibility index (Phi) is 6.39. The van der Waals surface area contributed by atoms with Crippen LogP contribution in [-0.4, -0.2) is 61.4 Å². The number of likely N-dealkylation sites (N-methyl/N-ethyl adjacent to an activating group) is 2. The summed E-state index contributed by atoms with van der Waals surface area (Å²) in [5.74, 6) is -1.03. The predicted octanol–water partition coefficient (Wildman–Crippen LogP) is 0.780. The van der Waals surface area contributed by atoms with E-state index in [2.05, 4.69) is 0 Å². The van der Waals surface area contributed by atoms with Crippen molar-refractivity contribution in [1.82, 2.24) is 9.80 Å². The molecule has 0 fully saturated rings. The van der Waals surface area contributed by atoms with E-state index in [0.29, 0.717) is 5.56 Å². The molecule has 0 unspecified atom stereocenters. The summed E-state index contributed by atoms with van der Waals surface area (Å²) in [6, 6.07) is 8.71. The molecular weight excluding hydrogens is 272 g/mol. The van der Waals surface area contributed by atoms with Gasteiger partial charge in [0.1, 0.15) is 6.54 Å². The summed E-state index contributed by atoms with van der Waals surface area (Å²) in [5.41, 5.74) is 0.515. The van der Waals surface area contributed by atoms with E-state index in [4.69, 9.17) is 4.74 Å². The van der Waals surface area contributed by atoms with Crippen molar-refractivity contribution in [3.8, 4) is 0 Å². The normalized spacial score (nSPS) is 9.86. The molecule has 6 nitrogen and oxygen atoms in total. The molecule has 1 rings (SSSR count). The topological polar surface area (TPSA) is 66.9 Å². The number of hydrogen-bond acceptors (Lipinski definition) is 4. The van der Waals surface area contributed by atoms with Crippen molar-refractivity contribution in [2.24, 2.45) is 0 Å². The maximum atomic E-state index is 12.1. The largest absolute Gasteiger partial charge is 0.465 e. The smallest absolute Gasteiger partial charge is 0.325 e. The van der Waals surface area contributed by atoms with E-state index in [-0.39, 0.29) is 31.5 Å². The van der Waals surface area contributed by atoms with Crippen molar-refractivity contribution in [3.05, 3.63) is 35.9 Å². The van der Waals surface area contributed by atoms with Crippen LogP contribution in [0.25, 0.3) is 0 Å². The van der Waals surface area contributed by atoms with Crippen molar-refractivity contribution in [1.29, 1.82) is 0 Å². The summed E-state index contributed by atoms with van der Waals surface area (Å²) >= 11 is 0. The van der Waals surface area contributed by atoms with E-state index in [0.717, 1.165) is 0 Å². The average molecular weight is 292 g/mol. The highest BCUT2D eigenvalue weighted by Crippen LogP contribution is 2.03. The molecule has 114 valence electrons. The van der Waals surface area contributed by atoms with Crippen LogP contribution in [0.4, 0.5) is 0 Å². The van der Waals surface area contributed by atoms with Crippen LogP contribution < -0.4 is 0 Å². The third-order valence-electron chi connectivity index (χ3n) is 2.84. The number of rotatable bonds is 6. The Balaban J connectivity index is 2.54. The summed E-state index contributed by atoms with van der Waals surface area (Å²) in [6.07, 6.45) is 0. The Morgan fingerprint density at radius 3 is 2.19 bits per heavy atom. The lowest BCUT2D eigenvalue weighted by Gasteiger charge is -2.21. The number of ether oxygens (including phenoxy) is 1. The zero-order chi connectivity index (χ0) is 15.8. The third kappa shape index (κ3) is 5.25. The number of esters is 1. The number of nitrogens with zero attached hydrogens (tertiary/aromatic N) is 2. The second kappa shape index (κ2) is 8.04. The van der Waals surface area contributed by atoms with Gasteiger partial charge in [-0.05, 0) is 19.1 Å². The van der Waals surface area contributed by atoms with Crippen LogP contribution >= 0.6 is 0 Å². The first-order valence-corrected chi connectivity index (χ1v) is 6.65. The zero-order valence-electron chi connectivity index (χ0n) is 12.5. The summed E-state index contributed by atoms with van der Waals surface area (Å²) in [4.78, 5) is 37.9. The zero-order valence-corrected chi connectivity index (χ0v) is 12.5. The van der Waals surface area contributed by atoms with Gasteiger partial charge >= 0.3 is 5.97 Å². The third-order valence-corrected chi connectivity index (χ3v) is 2.84. The molecule has 6 heteroatoms. The first kappa shape index (κ1) is 16.7. The molecule has 0 saturated carbocycles. The molecule has 0 aromatic heterocycles.